The van der Waals surface area contributed by atoms with E-state index in [9.17, 15) is 13.2 Å². The standard InChI is InChI=1S/C15H20N4O3S/c1-12-16-9-10-19(12)11-13-5-3-4-6-14(13)18-15(20)7-8-17-23(2,21)22/h3-6,9-10,17H,7-8,11H2,1-2H3,(H,18,20). The molecule has 1 amide bonds. The highest BCUT2D eigenvalue weighted by Crippen LogP contribution is 2.17. The molecule has 1 heterocycles. The molecule has 0 bridgehead atoms. The summed E-state index contributed by atoms with van der Waals surface area (Å²) in [4.78, 5) is 16.1. The quantitative estimate of drug-likeness (QED) is 0.792. The van der Waals surface area contributed by atoms with E-state index < -0.39 is 10.0 Å². The third-order valence-corrected chi connectivity index (χ3v) is 4.00. The molecule has 23 heavy (non-hydrogen) atoms. The van der Waals surface area contributed by atoms with Crippen molar-refractivity contribution < 1.29 is 13.2 Å². The molecule has 124 valence electrons. The van der Waals surface area contributed by atoms with Gasteiger partial charge in [-0.3, -0.25) is 4.79 Å². The van der Waals surface area contributed by atoms with Crippen LogP contribution in [0.4, 0.5) is 5.69 Å². The molecule has 2 aromatic rings. The van der Waals surface area contributed by atoms with E-state index in [-0.39, 0.29) is 18.9 Å². The Morgan fingerprint density at radius 2 is 2.04 bits per heavy atom. The number of amides is 1. The predicted octanol–water partition coefficient (Wildman–Crippen LogP) is 1.12. The number of rotatable bonds is 7. The average molecular weight is 336 g/mol. The number of anilines is 1. The number of carbonyl (C=O) groups excluding carboxylic acids is 1. The smallest absolute Gasteiger partial charge is 0.225 e. The van der Waals surface area contributed by atoms with Crippen LogP contribution in [0.5, 0.6) is 0 Å². The summed E-state index contributed by atoms with van der Waals surface area (Å²) in [5.41, 5.74) is 1.67. The summed E-state index contributed by atoms with van der Waals surface area (Å²) in [6.45, 7) is 2.59. The summed E-state index contributed by atoms with van der Waals surface area (Å²) in [7, 11) is -3.28. The van der Waals surface area contributed by atoms with E-state index in [1.54, 1.807) is 6.20 Å². The summed E-state index contributed by atoms with van der Waals surface area (Å²) in [5.74, 6) is 0.652. The van der Waals surface area contributed by atoms with Crippen LogP contribution in [-0.4, -0.2) is 36.7 Å². The zero-order chi connectivity index (χ0) is 16.9. The number of hydrogen-bond acceptors (Lipinski definition) is 4. The normalized spacial score (nSPS) is 11.4. The maximum atomic E-state index is 12.0. The van der Waals surface area contributed by atoms with Gasteiger partial charge in [0.15, 0.2) is 0 Å². The molecule has 0 aliphatic heterocycles. The number of hydrogen-bond donors (Lipinski definition) is 2. The van der Waals surface area contributed by atoms with Crippen LogP contribution in [0, 0.1) is 6.92 Å². The van der Waals surface area contributed by atoms with Crippen LogP contribution in [0.15, 0.2) is 36.7 Å². The molecule has 0 radical (unpaired) electrons. The Hall–Kier alpha value is -2.19. The molecule has 0 atom stereocenters. The van der Waals surface area contributed by atoms with Crippen molar-refractivity contribution in [1.29, 1.82) is 0 Å². The highest BCUT2D eigenvalue weighted by Gasteiger charge is 2.09. The van der Waals surface area contributed by atoms with E-state index in [1.165, 1.54) is 0 Å². The molecule has 0 saturated carbocycles. The van der Waals surface area contributed by atoms with Gasteiger partial charge in [0.05, 0.1) is 12.8 Å². The van der Waals surface area contributed by atoms with Crippen molar-refractivity contribution in [2.45, 2.75) is 19.9 Å². The minimum Gasteiger partial charge on any atom is -0.331 e. The molecule has 0 spiro atoms. The van der Waals surface area contributed by atoms with Crippen molar-refractivity contribution in [2.75, 3.05) is 18.1 Å². The average Bonchev–Trinajstić information content (AvgIpc) is 2.85. The van der Waals surface area contributed by atoms with E-state index in [0.717, 1.165) is 17.6 Å². The lowest BCUT2D eigenvalue weighted by atomic mass is 10.1. The van der Waals surface area contributed by atoms with Gasteiger partial charge in [-0.25, -0.2) is 18.1 Å². The maximum absolute atomic E-state index is 12.0. The molecule has 2 rings (SSSR count). The van der Waals surface area contributed by atoms with Gasteiger partial charge in [-0.1, -0.05) is 18.2 Å². The lowest BCUT2D eigenvalue weighted by Gasteiger charge is -2.12. The number of nitrogens with one attached hydrogen (secondary N) is 2. The second kappa shape index (κ2) is 7.38. The number of para-hydroxylation sites is 1. The molecule has 0 fully saturated rings. The maximum Gasteiger partial charge on any atom is 0.225 e. The topological polar surface area (TPSA) is 93.1 Å². The van der Waals surface area contributed by atoms with Crippen LogP contribution >= 0.6 is 0 Å². The van der Waals surface area contributed by atoms with Gasteiger partial charge in [-0.15, -0.1) is 0 Å². The fourth-order valence-electron chi connectivity index (χ4n) is 2.10. The Kier molecular flexibility index (Phi) is 5.51. The SMILES string of the molecule is Cc1nccn1Cc1ccccc1NC(=O)CCNS(C)(=O)=O. The van der Waals surface area contributed by atoms with Gasteiger partial charge < -0.3 is 9.88 Å². The molecule has 1 aromatic heterocycles. The van der Waals surface area contributed by atoms with Gasteiger partial charge >= 0.3 is 0 Å². The number of aryl methyl sites for hydroxylation is 1. The monoisotopic (exact) mass is 336 g/mol. The third-order valence-electron chi connectivity index (χ3n) is 3.27. The van der Waals surface area contributed by atoms with Crippen molar-refractivity contribution in [3.05, 3.63) is 48.0 Å². The summed E-state index contributed by atoms with van der Waals surface area (Å²) in [5, 5.41) is 2.82. The Balaban J connectivity index is 2.00. The van der Waals surface area contributed by atoms with E-state index in [0.29, 0.717) is 12.2 Å². The van der Waals surface area contributed by atoms with Gasteiger partial charge in [0.1, 0.15) is 5.82 Å². The molecular formula is C15H20N4O3S. The Bertz CT molecular complexity index is 784. The summed E-state index contributed by atoms with van der Waals surface area (Å²) in [6, 6.07) is 7.50. The predicted molar refractivity (Wildman–Crippen MR) is 88.6 cm³/mol. The van der Waals surface area contributed by atoms with Gasteiger partial charge in [-0.05, 0) is 18.6 Å². The Morgan fingerprint density at radius 1 is 1.30 bits per heavy atom. The van der Waals surface area contributed by atoms with Gasteiger partial charge in [0.25, 0.3) is 0 Å². The van der Waals surface area contributed by atoms with Crippen molar-refractivity contribution >= 4 is 21.6 Å². The number of aromatic nitrogens is 2. The van der Waals surface area contributed by atoms with Crippen LogP contribution in [0.3, 0.4) is 0 Å². The summed E-state index contributed by atoms with van der Waals surface area (Å²) in [6.07, 6.45) is 4.75. The van der Waals surface area contributed by atoms with Crippen molar-refractivity contribution in [3.63, 3.8) is 0 Å². The highest BCUT2D eigenvalue weighted by atomic mass is 32.2. The molecule has 0 aliphatic carbocycles. The molecule has 2 N–H and O–H groups in total. The second-order valence-corrected chi connectivity index (χ2v) is 7.06. The van der Waals surface area contributed by atoms with Crippen LogP contribution < -0.4 is 10.0 Å². The zero-order valence-electron chi connectivity index (χ0n) is 13.1. The molecule has 0 saturated heterocycles. The Morgan fingerprint density at radius 3 is 2.70 bits per heavy atom. The fourth-order valence-corrected chi connectivity index (χ4v) is 2.57. The van der Waals surface area contributed by atoms with Crippen molar-refractivity contribution in [2.24, 2.45) is 0 Å². The van der Waals surface area contributed by atoms with Crippen LogP contribution in [0.25, 0.3) is 0 Å². The van der Waals surface area contributed by atoms with E-state index in [2.05, 4.69) is 15.0 Å². The van der Waals surface area contributed by atoms with Crippen LogP contribution in [0.1, 0.15) is 17.8 Å². The van der Waals surface area contributed by atoms with E-state index in [4.69, 9.17) is 0 Å². The van der Waals surface area contributed by atoms with Crippen LogP contribution in [-0.2, 0) is 21.4 Å². The first-order valence-corrected chi connectivity index (χ1v) is 9.04. The number of carbonyl (C=O) groups is 1. The highest BCUT2D eigenvalue weighted by molar-refractivity contribution is 7.88. The minimum atomic E-state index is -3.28. The lowest BCUT2D eigenvalue weighted by molar-refractivity contribution is -0.116. The van der Waals surface area contributed by atoms with Crippen LogP contribution in [0.2, 0.25) is 0 Å². The first-order valence-electron chi connectivity index (χ1n) is 7.15. The zero-order valence-corrected chi connectivity index (χ0v) is 13.9. The van der Waals surface area contributed by atoms with Gasteiger partial charge in [-0.2, -0.15) is 0 Å². The number of imidazole rings is 1. The largest absolute Gasteiger partial charge is 0.331 e. The molecular weight excluding hydrogens is 316 g/mol. The fraction of sp³-hybridized carbons (Fsp3) is 0.333. The third kappa shape index (κ3) is 5.50. The number of nitrogens with zero attached hydrogens (tertiary/aromatic N) is 2. The first kappa shape index (κ1) is 17.2. The first-order chi connectivity index (χ1) is 10.8. The number of sulfonamides is 1. The van der Waals surface area contributed by atoms with Crippen molar-refractivity contribution in [1.82, 2.24) is 14.3 Å². The van der Waals surface area contributed by atoms with Crippen molar-refractivity contribution in [3.8, 4) is 0 Å². The number of benzene rings is 1. The minimum absolute atomic E-state index is 0.0749. The lowest BCUT2D eigenvalue weighted by Crippen LogP contribution is -2.26. The molecule has 8 heteroatoms. The molecule has 0 aliphatic rings. The Labute approximate surface area is 135 Å². The van der Waals surface area contributed by atoms with Gasteiger partial charge in [0.2, 0.25) is 15.9 Å². The summed E-state index contributed by atoms with van der Waals surface area (Å²) >= 11 is 0. The summed E-state index contributed by atoms with van der Waals surface area (Å²) < 4.78 is 26.2. The molecule has 7 nitrogen and oxygen atoms in total. The van der Waals surface area contributed by atoms with E-state index in [1.807, 2.05) is 42.0 Å². The molecule has 1 aromatic carbocycles. The van der Waals surface area contributed by atoms with E-state index >= 15 is 0 Å². The van der Waals surface area contributed by atoms with Gasteiger partial charge in [0, 0.05) is 31.0 Å². The molecule has 0 unspecified atom stereocenters. The second-order valence-electron chi connectivity index (χ2n) is 5.22.